The van der Waals surface area contributed by atoms with E-state index >= 15 is 0 Å². The van der Waals surface area contributed by atoms with E-state index in [1.54, 1.807) is 4.90 Å². The number of aryl methyl sites for hydroxylation is 1. The highest BCUT2D eigenvalue weighted by molar-refractivity contribution is 7.16. The molecule has 0 fully saturated rings. The number of benzene rings is 1. The minimum absolute atomic E-state index is 0.0258. The molecule has 0 saturated carbocycles. The third kappa shape index (κ3) is 3.36. The summed E-state index contributed by atoms with van der Waals surface area (Å²) in [5, 5.41) is 13.2. The molecule has 2 amide bonds. The highest BCUT2D eigenvalue weighted by atomic mass is 32.1. The largest absolute Gasteiger partial charge is 0.368 e. The zero-order valence-corrected chi connectivity index (χ0v) is 16.3. The van der Waals surface area contributed by atoms with Gasteiger partial charge >= 0.3 is 0 Å². The normalized spacial score (nSPS) is 18.0. The number of fused-ring (bicyclic) bond motifs is 2. The van der Waals surface area contributed by atoms with Crippen molar-refractivity contribution in [3.8, 4) is 6.07 Å². The Bertz CT molecular complexity index is 975. The smallest absolute Gasteiger partial charge is 0.244 e. The predicted octanol–water partition coefficient (Wildman–Crippen LogP) is 2.74. The lowest BCUT2D eigenvalue weighted by Gasteiger charge is -2.24. The molecule has 144 valence electrons. The van der Waals surface area contributed by atoms with Gasteiger partial charge in [-0.3, -0.25) is 9.59 Å². The number of thiophene rings is 1. The number of nitriles is 1. The molecule has 1 aromatic carbocycles. The van der Waals surface area contributed by atoms with E-state index in [1.807, 2.05) is 24.3 Å². The lowest BCUT2D eigenvalue weighted by atomic mass is 10.1. The number of nitrogens with zero attached hydrogens (tertiary/aromatic N) is 2. The Labute approximate surface area is 167 Å². The van der Waals surface area contributed by atoms with Crippen LogP contribution >= 0.6 is 11.3 Å². The molecule has 1 aliphatic carbocycles. The second-order valence-corrected chi connectivity index (χ2v) is 8.41. The van der Waals surface area contributed by atoms with E-state index in [0.29, 0.717) is 17.0 Å². The number of amides is 2. The van der Waals surface area contributed by atoms with Crippen molar-refractivity contribution in [1.29, 1.82) is 5.26 Å². The fourth-order valence-corrected chi connectivity index (χ4v) is 5.43. The van der Waals surface area contributed by atoms with Gasteiger partial charge in [-0.1, -0.05) is 24.6 Å². The molecule has 3 N–H and O–H groups in total. The van der Waals surface area contributed by atoms with Crippen molar-refractivity contribution in [2.24, 2.45) is 5.73 Å². The van der Waals surface area contributed by atoms with Crippen molar-refractivity contribution in [3.05, 3.63) is 45.8 Å². The predicted molar refractivity (Wildman–Crippen MR) is 109 cm³/mol. The SMILES string of the molecule is N#Cc1c(NC(=O)CN2c3ccccc3C[C@H]2C(N)=O)sc2c1CCCCC2. The number of nitrogens with one attached hydrogen (secondary N) is 1. The number of rotatable bonds is 4. The Morgan fingerprint density at radius 1 is 1.25 bits per heavy atom. The van der Waals surface area contributed by atoms with Crippen molar-refractivity contribution in [2.45, 2.75) is 44.6 Å². The minimum atomic E-state index is -0.529. The van der Waals surface area contributed by atoms with Gasteiger partial charge in [0.25, 0.3) is 0 Å². The molecule has 0 spiro atoms. The summed E-state index contributed by atoms with van der Waals surface area (Å²) in [5.41, 5.74) is 9.15. The lowest BCUT2D eigenvalue weighted by molar-refractivity contribution is -0.119. The number of carbonyl (C=O) groups is 2. The van der Waals surface area contributed by atoms with Gasteiger partial charge in [0.1, 0.15) is 17.1 Å². The summed E-state index contributed by atoms with van der Waals surface area (Å²) in [6.07, 6.45) is 5.75. The average Bonchev–Trinajstić information content (AvgIpc) is 3.10. The molecule has 0 saturated heterocycles. The van der Waals surface area contributed by atoms with Crippen molar-refractivity contribution < 1.29 is 9.59 Å². The summed E-state index contributed by atoms with van der Waals surface area (Å²) in [6, 6.07) is 9.41. The molecule has 0 radical (unpaired) electrons. The molecule has 28 heavy (non-hydrogen) atoms. The van der Waals surface area contributed by atoms with Gasteiger partial charge in [-0.15, -0.1) is 11.3 Å². The molecule has 2 aromatic rings. The van der Waals surface area contributed by atoms with Crippen LogP contribution in [0, 0.1) is 11.3 Å². The molecule has 2 heterocycles. The first-order valence-corrected chi connectivity index (χ1v) is 10.4. The molecule has 2 aliphatic rings. The molecule has 4 rings (SSSR count). The molecule has 1 aromatic heterocycles. The van der Waals surface area contributed by atoms with Crippen molar-refractivity contribution >= 4 is 33.8 Å². The number of primary amides is 1. The fourth-order valence-electron chi connectivity index (χ4n) is 4.17. The maximum absolute atomic E-state index is 12.8. The zero-order valence-electron chi connectivity index (χ0n) is 15.5. The van der Waals surface area contributed by atoms with Crippen LogP contribution in [0.1, 0.15) is 40.8 Å². The third-order valence-electron chi connectivity index (χ3n) is 5.52. The van der Waals surface area contributed by atoms with Crippen LogP contribution in [0.5, 0.6) is 0 Å². The summed E-state index contributed by atoms with van der Waals surface area (Å²) in [6.45, 7) is 0.0258. The minimum Gasteiger partial charge on any atom is -0.368 e. The van der Waals surface area contributed by atoms with E-state index in [2.05, 4.69) is 11.4 Å². The van der Waals surface area contributed by atoms with Crippen LogP contribution in [0.3, 0.4) is 0 Å². The van der Waals surface area contributed by atoms with Gasteiger partial charge in [-0.05, 0) is 42.9 Å². The topological polar surface area (TPSA) is 99.2 Å². The summed E-state index contributed by atoms with van der Waals surface area (Å²) >= 11 is 1.51. The number of anilines is 2. The van der Waals surface area contributed by atoms with Gasteiger partial charge in [0.2, 0.25) is 11.8 Å². The Morgan fingerprint density at radius 2 is 2.04 bits per heavy atom. The Hall–Kier alpha value is -2.85. The number of para-hydroxylation sites is 1. The van der Waals surface area contributed by atoms with E-state index in [1.165, 1.54) is 22.6 Å². The molecule has 6 nitrogen and oxygen atoms in total. The van der Waals surface area contributed by atoms with Crippen LogP contribution in [0.25, 0.3) is 0 Å². The summed E-state index contributed by atoms with van der Waals surface area (Å²) in [5.74, 6) is -0.680. The van der Waals surface area contributed by atoms with Crippen LogP contribution in [-0.4, -0.2) is 24.4 Å². The summed E-state index contributed by atoms with van der Waals surface area (Å²) in [7, 11) is 0. The standard InChI is InChI=1S/C21H22N4O2S/c22-11-15-14-7-2-1-3-9-18(14)28-21(15)24-19(26)12-25-16-8-5-4-6-13(16)10-17(25)20(23)27/h4-6,8,17H,1-3,7,9-10,12H2,(H2,23,27)(H,24,26)/t17-/m0/s1. The van der Waals surface area contributed by atoms with E-state index in [9.17, 15) is 14.9 Å². The Morgan fingerprint density at radius 3 is 2.82 bits per heavy atom. The fraction of sp³-hybridized carbons (Fsp3) is 0.381. The molecule has 1 aliphatic heterocycles. The monoisotopic (exact) mass is 394 g/mol. The maximum Gasteiger partial charge on any atom is 0.244 e. The average molecular weight is 395 g/mol. The van der Waals surface area contributed by atoms with Crippen LogP contribution in [0.4, 0.5) is 10.7 Å². The number of nitrogens with two attached hydrogens (primary N) is 1. The van der Waals surface area contributed by atoms with Crippen LogP contribution in [-0.2, 0) is 28.9 Å². The number of carbonyl (C=O) groups excluding carboxylic acids is 2. The van der Waals surface area contributed by atoms with Gasteiger partial charge < -0.3 is 16.0 Å². The highest BCUT2D eigenvalue weighted by Gasteiger charge is 2.34. The van der Waals surface area contributed by atoms with E-state index < -0.39 is 11.9 Å². The van der Waals surface area contributed by atoms with E-state index in [4.69, 9.17) is 5.73 Å². The van der Waals surface area contributed by atoms with Crippen LogP contribution < -0.4 is 16.0 Å². The second-order valence-electron chi connectivity index (χ2n) is 7.31. The quantitative estimate of drug-likeness (QED) is 0.779. The van der Waals surface area contributed by atoms with Gasteiger partial charge in [0.15, 0.2) is 0 Å². The Kier molecular flexibility index (Phi) is 5.05. The van der Waals surface area contributed by atoms with Crippen LogP contribution in [0.2, 0.25) is 0 Å². The van der Waals surface area contributed by atoms with Crippen molar-refractivity contribution in [1.82, 2.24) is 0 Å². The number of hydrogen-bond donors (Lipinski definition) is 2. The zero-order chi connectivity index (χ0) is 19.7. The summed E-state index contributed by atoms with van der Waals surface area (Å²) < 4.78 is 0. The number of hydrogen-bond acceptors (Lipinski definition) is 5. The molecular formula is C21H22N4O2S. The van der Waals surface area contributed by atoms with E-state index in [0.717, 1.165) is 42.5 Å². The van der Waals surface area contributed by atoms with Gasteiger partial charge in [0.05, 0.1) is 12.1 Å². The lowest BCUT2D eigenvalue weighted by Crippen LogP contribution is -2.46. The van der Waals surface area contributed by atoms with Gasteiger partial charge in [-0.2, -0.15) is 5.26 Å². The molecule has 7 heteroatoms. The van der Waals surface area contributed by atoms with Crippen molar-refractivity contribution in [2.75, 3.05) is 16.8 Å². The third-order valence-corrected chi connectivity index (χ3v) is 6.73. The maximum atomic E-state index is 12.8. The van der Waals surface area contributed by atoms with E-state index in [-0.39, 0.29) is 12.5 Å². The molecular weight excluding hydrogens is 372 g/mol. The second kappa shape index (κ2) is 7.64. The summed E-state index contributed by atoms with van der Waals surface area (Å²) in [4.78, 5) is 27.7. The van der Waals surface area contributed by atoms with Crippen LogP contribution in [0.15, 0.2) is 24.3 Å². The first-order chi connectivity index (χ1) is 13.6. The first kappa shape index (κ1) is 18.5. The Balaban J connectivity index is 1.55. The molecule has 0 bridgehead atoms. The molecule has 0 unspecified atom stereocenters. The van der Waals surface area contributed by atoms with Gasteiger partial charge in [-0.25, -0.2) is 0 Å². The van der Waals surface area contributed by atoms with Gasteiger partial charge in [0, 0.05) is 17.0 Å². The van der Waals surface area contributed by atoms with Crippen molar-refractivity contribution in [3.63, 3.8) is 0 Å². The highest BCUT2D eigenvalue weighted by Crippen LogP contribution is 2.37. The molecule has 1 atom stereocenters. The first-order valence-electron chi connectivity index (χ1n) is 9.57.